The van der Waals surface area contributed by atoms with Crippen molar-refractivity contribution in [1.82, 2.24) is 9.88 Å². The highest BCUT2D eigenvalue weighted by atomic mass is 35.5. The Morgan fingerprint density at radius 1 is 1.14 bits per heavy atom. The number of sulfone groups is 1. The number of fused-ring (bicyclic) bond motifs is 1. The first kappa shape index (κ1) is 19.0. The fraction of sp³-hybridized carbons (Fsp3) is 0.286. The molecule has 2 aromatic carbocycles. The molecule has 1 aromatic heterocycles. The van der Waals surface area contributed by atoms with E-state index in [0.29, 0.717) is 16.6 Å². The minimum atomic E-state index is -3.24. The second kappa shape index (κ2) is 6.94. The maximum absolute atomic E-state index is 13.0. The number of carbonyl (C=O) groups excluding carboxylic acids is 1. The van der Waals surface area contributed by atoms with Crippen LogP contribution >= 0.6 is 11.6 Å². The molecule has 3 aromatic rings. The largest absolute Gasteiger partial charge is 0.344 e. The monoisotopic (exact) mass is 416 g/mol. The van der Waals surface area contributed by atoms with Crippen LogP contribution in [0.4, 0.5) is 0 Å². The molecule has 1 atom stereocenters. The Labute approximate surface area is 169 Å². The number of aryl methyl sites for hydroxylation is 1. The highest BCUT2D eigenvalue weighted by Crippen LogP contribution is 2.41. The number of halogens is 1. The molecule has 1 saturated carbocycles. The molecule has 1 amide bonds. The number of benzene rings is 2. The number of rotatable bonds is 5. The zero-order valence-electron chi connectivity index (χ0n) is 15.6. The molecule has 1 heterocycles. The maximum atomic E-state index is 13.0. The van der Waals surface area contributed by atoms with Gasteiger partial charge in [0.2, 0.25) is 0 Å². The SMILES string of the molecule is Cn1c(C(=O)N[C@H](c2ccc(S(C)(=O)=O)cc2)C2CC2)cc2ccc(Cl)cc21. The third-order valence-corrected chi connectivity index (χ3v) is 6.65. The summed E-state index contributed by atoms with van der Waals surface area (Å²) in [6, 6.07) is 14.1. The molecule has 5 nitrogen and oxygen atoms in total. The fourth-order valence-corrected chi connectivity index (χ4v) is 4.36. The lowest BCUT2D eigenvalue weighted by Gasteiger charge is -2.19. The molecule has 1 aliphatic rings. The van der Waals surface area contributed by atoms with Crippen LogP contribution in [0.3, 0.4) is 0 Å². The average molecular weight is 417 g/mol. The van der Waals surface area contributed by atoms with E-state index in [0.717, 1.165) is 29.3 Å². The van der Waals surface area contributed by atoms with Crippen LogP contribution in [-0.2, 0) is 16.9 Å². The van der Waals surface area contributed by atoms with Gasteiger partial charge >= 0.3 is 0 Å². The second-order valence-corrected chi connectivity index (χ2v) is 9.87. The van der Waals surface area contributed by atoms with Crippen LogP contribution in [0.15, 0.2) is 53.4 Å². The van der Waals surface area contributed by atoms with E-state index < -0.39 is 9.84 Å². The highest BCUT2D eigenvalue weighted by Gasteiger charge is 2.34. The van der Waals surface area contributed by atoms with Gasteiger partial charge < -0.3 is 9.88 Å². The Bertz CT molecular complexity index is 1160. The molecule has 0 radical (unpaired) electrons. The molecule has 0 saturated heterocycles. The summed E-state index contributed by atoms with van der Waals surface area (Å²) in [6.45, 7) is 0. The van der Waals surface area contributed by atoms with Gasteiger partial charge in [0.05, 0.1) is 10.9 Å². The lowest BCUT2D eigenvalue weighted by atomic mass is 10.0. The van der Waals surface area contributed by atoms with Crippen LogP contribution in [0.25, 0.3) is 10.9 Å². The number of amides is 1. The van der Waals surface area contributed by atoms with Crippen molar-refractivity contribution in [1.29, 1.82) is 0 Å². The Hall–Kier alpha value is -2.31. The number of hydrogen-bond donors (Lipinski definition) is 1. The second-order valence-electron chi connectivity index (χ2n) is 7.42. The van der Waals surface area contributed by atoms with Crippen LogP contribution in [0, 0.1) is 5.92 Å². The first-order valence-corrected chi connectivity index (χ1v) is 11.4. The molecule has 1 aliphatic carbocycles. The van der Waals surface area contributed by atoms with Gasteiger partial charge in [0, 0.05) is 29.2 Å². The van der Waals surface area contributed by atoms with Gasteiger partial charge in [-0.3, -0.25) is 4.79 Å². The van der Waals surface area contributed by atoms with Crippen LogP contribution < -0.4 is 5.32 Å². The number of nitrogens with one attached hydrogen (secondary N) is 1. The minimum Gasteiger partial charge on any atom is -0.344 e. The summed E-state index contributed by atoms with van der Waals surface area (Å²) in [5, 5.41) is 4.73. The molecular weight excluding hydrogens is 396 g/mol. The zero-order chi connectivity index (χ0) is 20.1. The van der Waals surface area contributed by atoms with E-state index in [4.69, 9.17) is 11.6 Å². The molecular formula is C21H21ClN2O3S. The molecule has 0 bridgehead atoms. The number of carbonyl (C=O) groups is 1. The zero-order valence-corrected chi connectivity index (χ0v) is 17.2. The third-order valence-electron chi connectivity index (χ3n) is 5.29. The summed E-state index contributed by atoms with van der Waals surface area (Å²) in [5.41, 5.74) is 2.39. The van der Waals surface area contributed by atoms with Crippen LogP contribution in [0.2, 0.25) is 5.02 Å². The van der Waals surface area contributed by atoms with Crippen molar-refractivity contribution in [3.8, 4) is 0 Å². The maximum Gasteiger partial charge on any atom is 0.268 e. The fourth-order valence-electron chi connectivity index (χ4n) is 3.56. The van der Waals surface area contributed by atoms with E-state index in [1.165, 1.54) is 6.26 Å². The molecule has 1 N–H and O–H groups in total. The number of nitrogens with zero attached hydrogens (tertiary/aromatic N) is 1. The summed E-state index contributed by atoms with van der Waals surface area (Å²) in [4.78, 5) is 13.3. The lowest BCUT2D eigenvalue weighted by molar-refractivity contribution is 0.0924. The minimum absolute atomic E-state index is 0.136. The highest BCUT2D eigenvalue weighted by molar-refractivity contribution is 7.90. The van der Waals surface area contributed by atoms with E-state index in [9.17, 15) is 13.2 Å². The first-order chi connectivity index (χ1) is 13.2. The van der Waals surface area contributed by atoms with Gasteiger partial charge in [0.25, 0.3) is 5.91 Å². The molecule has 146 valence electrons. The first-order valence-electron chi connectivity index (χ1n) is 9.10. The van der Waals surface area contributed by atoms with Gasteiger partial charge in [0.15, 0.2) is 9.84 Å². The van der Waals surface area contributed by atoms with Crippen molar-refractivity contribution < 1.29 is 13.2 Å². The Balaban J connectivity index is 1.62. The van der Waals surface area contributed by atoms with Crippen molar-refractivity contribution in [2.24, 2.45) is 13.0 Å². The van der Waals surface area contributed by atoms with Crippen LogP contribution in [0.1, 0.15) is 34.9 Å². The van der Waals surface area contributed by atoms with Gasteiger partial charge in [-0.05, 0) is 54.7 Å². The average Bonchev–Trinajstić information content (AvgIpc) is 3.44. The summed E-state index contributed by atoms with van der Waals surface area (Å²) in [5.74, 6) is 0.219. The smallest absolute Gasteiger partial charge is 0.268 e. The van der Waals surface area contributed by atoms with Crippen molar-refractivity contribution in [2.45, 2.75) is 23.8 Å². The van der Waals surface area contributed by atoms with E-state index in [1.807, 2.05) is 35.9 Å². The van der Waals surface area contributed by atoms with Gasteiger partial charge in [-0.1, -0.05) is 29.8 Å². The number of aromatic nitrogens is 1. The van der Waals surface area contributed by atoms with Crippen LogP contribution in [-0.4, -0.2) is 25.1 Å². The molecule has 0 aliphatic heterocycles. The van der Waals surface area contributed by atoms with Crippen LogP contribution in [0.5, 0.6) is 0 Å². The quantitative estimate of drug-likeness (QED) is 0.680. The molecule has 7 heteroatoms. The van der Waals surface area contributed by atoms with Gasteiger partial charge in [-0.2, -0.15) is 0 Å². The molecule has 0 spiro atoms. The predicted octanol–water partition coefficient (Wildman–Crippen LogP) is 4.12. The predicted molar refractivity (Wildman–Crippen MR) is 110 cm³/mol. The Morgan fingerprint density at radius 3 is 2.43 bits per heavy atom. The molecule has 1 fully saturated rings. The topological polar surface area (TPSA) is 68.2 Å². The van der Waals surface area contributed by atoms with E-state index in [1.54, 1.807) is 24.3 Å². The summed E-state index contributed by atoms with van der Waals surface area (Å²) >= 11 is 6.08. The number of hydrogen-bond acceptors (Lipinski definition) is 3. The summed E-state index contributed by atoms with van der Waals surface area (Å²) in [7, 11) is -1.39. The molecule has 4 rings (SSSR count). The standard InChI is InChI=1S/C21H21ClN2O3S/c1-24-18-12-16(22)8-5-15(18)11-19(24)21(25)23-20(13-3-4-13)14-6-9-17(10-7-14)28(2,26)27/h5-13,20H,3-4H2,1-2H3,(H,23,25)/t20-/m0/s1. The normalized spacial score (nSPS) is 15.5. The van der Waals surface area contributed by atoms with Crippen molar-refractivity contribution >= 4 is 38.2 Å². The van der Waals surface area contributed by atoms with Gasteiger partial charge in [-0.15, -0.1) is 0 Å². The summed E-state index contributed by atoms with van der Waals surface area (Å²) < 4.78 is 25.2. The third kappa shape index (κ3) is 3.66. The molecule has 0 unspecified atom stereocenters. The Morgan fingerprint density at radius 2 is 1.82 bits per heavy atom. The van der Waals surface area contributed by atoms with E-state index >= 15 is 0 Å². The summed E-state index contributed by atoms with van der Waals surface area (Å²) in [6.07, 6.45) is 3.28. The van der Waals surface area contributed by atoms with Crippen molar-refractivity contribution in [2.75, 3.05) is 6.26 Å². The molecule has 28 heavy (non-hydrogen) atoms. The van der Waals surface area contributed by atoms with Gasteiger partial charge in [-0.25, -0.2) is 8.42 Å². The van der Waals surface area contributed by atoms with Crippen molar-refractivity contribution in [3.63, 3.8) is 0 Å². The lowest BCUT2D eigenvalue weighted by Crippen LogP contribution is -2.31. The van der Waals surface area contributed by atoms with E-state index in [-0.39, 0.29) is 16.8 Å². The van der Waals surface area contributed by atoms with E-state index in [2.05, 4.69) is 5.32 Å². The van der Waals surface area contributed by atoms with Crippen molar-refractivity contribution in [3.05, 3.63) is 64.8 Å². The van der Waals surface area contributed by atoms with Gasteiger partial charge in [0.1, 0.15) is 5.69 Å². The Kier molecular flexibility index (Phi) is 4.71.